The fraction of sp³-hybridized carbons (Fsp3) is 0.462. The molecule has 1 rings (SSSR count). The van der Waals surface area contributed by atoms with Gasteiger partial charge in [-0.15, -0.1) is 0 Å². The average molecular weight is 269 g/mol. The lowest BCUT2D eigenvalue weighted by atomic mass is 10.2. The van der Waals surface area contributed by atoms with Gasteiger partial charge < -0.3 is 15.0 Å². The van der Waals surface area contributed by atoms with E-state index in [0.29, 0.717) is 19.8 Å². The second-order valence-corrected chi connectivity index (χ2v) is 4.27. The molecule has 0 fully saturated rings. The molecule has 0 amide bonds. The summed E-state index contributed by atoms with van der Waals surface area (Å²) >= 11 is 0. The van der Waals surface area contributed by atoms with Crippen molar-refractivity contribution in [2.24, 2.45) is 0 Å². The van der Waals surface area contributed by atoms with E-state index in [1.807, 2.05) is 19.0 Å². The Kier molecular flexibility index (Phi) is 6.19. The number of nitriles is 1. The summed E-state index contributed by atoms with van der Waals surface area (Å²) in [6.07, 6.45) is 0. The number of nitrogens with zero attached hydrogens (tertiary/aromatic N) is 2. The fourth-order valence-corrected chi connectivity index (χ4v) is 1.40. The van der Waals surface area contributed by atoms with Gasteiger partial charge in [0.05, 0.1) is 24.8 Å². The molecule has 0 aliphatic carbocycles. The Labute approximate surface area is 111 Å². The highest BCUT2D eigenvalue weighted by molar-refractivity contribution is 5.50. The van der Waals surface area contributed by atoms with Crippen LogP contribution in [0.3, 0.4) is 0 Å². The topological polar surface area (TPSA) is 48.3 Å². The number of anilines is 1. The highest BCUT2D eigenvalue weighted by Crippen LogP contribution is 2.20. The molecule has 0 aliphatic heterocycles. The van der Waals surface area contributed by atoms with E-state index in [4.69, 9.17) is 10.00 Å². The molecule has 0 aromatic heterocycles. The first-order chi connectivity index (χ1) is 9.04. The van der Waals surface area contributed by atoms with Crippen LogP contribution < -0.4 is 5.32 Å². The molecule has 0 heterocycles. The van der Waals surface area contributed by atoms with Gasteiger partial charge in [0.1, 0.15) is 5.69 Å². The van der Waals surface area contributed by atoms with E-state index in [1.54, 1.807) is 6.07 Å². The number of likely N-dealkylation sites (N-methyl/N-ethyl adjacent to an activating group) is 1. The lowest BCUT2D eigenvalue weighted by Gasteiger charge is -2.11. The van der Waals surface area contributed by atoms with Gasteiger partial charge in [-0.3, -0.25) is 0 Å². The Hall–Kier alpha value is -1.71. The second-order valence-electron chi connectivity index (χ2n) is 4.27. The van der Waals surface area contributed by atoms with E-state index in [-0.39, 0.29) is 11.3 Å². The SMILES string of the molecule is CN(C)CCOCCNc1c(F)cc(C#N)cc1F. The Morgan fingerprint density at radius 3 is 2.42 bits per heavy atom. The van der Waals surface area contributed by atoms with Gasteiger partial charge in [-0.2, -0.15) is 5.26 Å². The number of ether oxygens (including phenoxy) is 1. The minimum absolute atomic E-state index is 0.0391. The van der Waals surface area contributed by atoms with Crippen molar-refractivity contribution in [3.8, 4) is 6.07 Å². The minimum atomic E-state index is -0.773. The highest BCUT2D eigenvalue weighted by atomic mass is 19.1. The Balaban J connectivity index is 2.40. The number of benzene rings is 1. The number of rotatable bonds is 7. The molecule has 0 saturated carbocycles. The minimum Gasteiger partial charge on any atom is -0.378 e. The van der Waals surface area contributed by atoms with Crippen LogP contribution in [0.15, 0.2) is 12.1 Å². The summed E-state index contributed by atoms with van der Waals surface area (Å²) in [6.45, 7) is 2.01. The molecule has 0 radical (unpaired) electrons. The number of halogens is 2. The van der Waals surface area contributed by atoms with Crippen LogP contribution in [0.1, 0.15) is 5.56 Å². The predicted octanol–water partition coefficient (Wildman–Crippen LogP) is 1.83. The van der Waals surface area contributed by atoms with Gasteiger partial charge in [0, 0.05) is 13.1 Å². The Bertz CT molecular complexity index is 435. The number of nitrogens with one attached hydrogen (secondary N) is 1. The molecule has 6 heteroatoms. The maximum atomic E-state index is 13.5. The van der Waals surface area contributed by atoms with Crippen LogP contribution in [0.25, 0.3) is 0 Å². The van der Waals surface area contributed by atoms with Gasteiger partial charge >= 0.3 is 0 Å². The first kappa shape index (κ1) is 15.3. The monoisotopic (exact) mass is 269 g/mol. The fourth-order valence-electron chi connectivity index (χ4n) is 1.40. The Morgan fingerprint density at radius 2 is 1.89 bits per heavy atom. The quantitative estimate of drug-likeness (QED) is 0.767. The van der Waals surface area contributed by atoms with Crippen molar-refractivity contribution in [1.82, 2.24) is 4.90 Å². The van der Waals surface area contributed by atoms with Crippen LogP contribution in [0.4, 0.5) is 14.5 Å². The largest absolute Gasteiger partial charge is 0.378 e. The molecule has 0 atom stereocenters. The van der Waals surface area contributed by atoms with E-state index in [2.05, 4.69) is 5.32 Å². The summed E-state index contributed by atoms with van der Waals surface area (Å²) in [6, 6.07) is 3.69. The van der Waals surface area contributed by atoms with Crippen LogP contribution in [-0.2, 0) is 4.74 Å². The summed E-state index contributed by atoms with van der Waals surface area (Å²) in [5.74, 6) is -1.55. The summed E-state index contributed by atoms with van der Waals surface area (Å²) in [7, 11) is 3.87. The predicted molar refractivity (Wildman–Crippen MR) is 68.9 cm³/mol. The zero-order valence-corrected chi connectivity index (χ0v) is 11.0. The van der Waals surface area contributed by atoms with Crippen LogP contribution in [-0.4, -0.2) is 45.3 Å². The van der Waals surface area contributed by atoms with E-state index >= 15 is 0 Å². The van der Waals surface area contributed by atoms with E-state index in [1.165, 1.54) is 0 Å². The zero-order valence-electron chi connectivity index (χ0n) is 11.0. The lowest BCUT2D eigenvalue weighted by molar-refractivity contribution is 0.126. The molecular formula is C13H17F2N3O. The molecular weight excluding hydrogens is 252 g/mol. The molecule has 19 heavy (non-hydrogen) atoms. The molecule has 1 N–H and O–H groups in total. The summed E-state index contributed by atoms with van der Waals surface area (Å²) < 4.78 is 32.2. The molecule has 0 saturated heterocycles. The summed E-state index contributed by atoms with van der Waals surface area (Å²) in [5.41, 5.74) is -0.266. The average Bonchev–Trinajstić information content (AvgIpc) is 2.35. The van der Waals surface area contributed by atoms with Gasteiger partial charge in [-0.1, -0.05) is 0 Å². The standard InChI is InChI=1S/C13H17F2N3O/c1-18(2)4-6-19-5-3-17-13-11(14)7-10(9-16)8-12(13)15/h7-8,17H,3-6H2,1-2H3. The lowest BCUT2D eigenvalue weighted by Crippen LogP contribution is -2.20. The van der Waals surface area contributed by atoms with E-state index < -0.39 is 11.6 Å². The summed E-state index contributed by atoms with van der Waals surface area (Å²) in [4.78, 5) is 1.98. The zero-order chi connectivity index (χ0) is 14.3. The smallest absolute Gasteiger partial charge is 0.150 e. The van der Waals surface area contributed by atoms with Gasteiger partial charge in [-0.05, 0) is 26.2 Å². The third-order valence-electron chi connectivity index (χ3n) is 2.40. The molecule has 4 nitrogen and oxygen atoms in total. The van der Waals surface area contributed by atoms with Crippen LogP contribution in [0, 0.1) is 23.0 Å². The molecule has 104 valence electrons. The van der Waals surface area contributed by atoms with E-state index in [9.17, 15) is 8.78 Å². The Morgan fingerprint density at radius 1 is 1.26 bits per heavy atom. The van der Waals surface area contributed by atoms with Crippen molar-refractivity contribution in [2.75, 3.05) is 45.7 Å². The summed E-state index contributed by atoms with van der Waals surface area (Å²) in [5, 5.41) is 11.2. The van der Waals surface area contributed by atoms with Gasteiger partial charge in [-0.25, -0.2) is 8.78 Å². The molecule has 0 bridgehead atoms. The molecule has 1 aromatic carbocycles. The van der Waals surface area contributed by atoms with Crippen molar-refractivity contribution in [1.29, 1.82) is 5.26 Å². The van der Waals surface area contributed by atoms with Gasteiger partial charge in [0.2, 0.25) is 0 Å². The van der Waals surface area contributed by atoms with Crippen LogP contribution >= 0.6 is 0 Å². The first-order valence-corrected chi connectivity index (χ1v) is 5.90. The van der Waals surface area contributed by atoms with Gasteiger partial charge in [0.25, 0.3) is 0 Å². The molecule has 0 aliphatic rings. The first-order valence-electron chi connectivity index (χ1n) is 5.90. The normalized spacial score (nSPS) is 10.5. The van der Waals surface area contributed by atoms with Crippen molar-refractivity contribution in [2.45, 2.75) is 0 Å². The maximum Gasteiger partial charge on any atom is 0.150 e. The third-order valence-corrected chi connectivity index (χ3v) is 2.40. The molecule has 0 spiro atoms. The molecule has 1 aromatic rings. The number of hydrogen-bond acceptors (Lipinski definition) is 4. The maximum absolute atomic E-state index is 13.5. The second kappa shape index (κ2) is 7.67. The third kappa shape index (κ3) is 5.20. The van der Waals surface area contributed by atoms with Crippen molar-refractivity contribution >= 4 is 5.69 Å². The van der Waals surface area contributed by atoms with Crippen LogP contribution in [0.5, 0.6) is 0 Å². The van der Waals surface area contributed by atoms with Gasteiger partial charge in [0.15, 0.2) is 11.6 Å². The van der Waals surface area contributed by atoms with Crippen LogP contribution in [0.2, 0.25) is 0 Å². The number of hydrogen-bond donors (Lipinski definition) is 1. The van der Waals surface area contributed by atoms with E-state index in [0.717, 1.165) is 18.7 Å². The van der Waals surface area contributed by atoms with Crippen molar-refractivity contribution in [3.63, 3.8) is 0 Å². The highest BCUT2D eigenvalue weighted by Gasteiger charge is 2.10. The molecule has 0 unspecified atom stereocenters. The van der Waals surface area contributed by atoms with Crippen molar-refractivity contribution in [3.05, 3.63) is 29.3 Å². The van der Waals surface area contributed by atoms with Crippen molar-refractivity contribution < 1.29 is 13.5 Å².